The van der Waals surface area contributed by atoms with Gasteiger partial charge in [-0.15, -0.1) is 0 Å². The lowest BCUT2D eigenvalue weighted by Crippen LogP contribution is -2.48. The van der Waals surface area contributed by atoms with E-state index < -0.39 is 23.8 Å². The van der Waals surface area contributed by atoms with E-state index in [2.05, 4.69) is 29.7 Å². The molecule has 3 aromatic carbocycles. The topological polar surface area (TPSA) is 70.6 Å². The first-order valence-electron chi connectivity index (χ1n) is 11.8. The molecule has 0 radical (unpaired) electrons. The van der Waals surface area contributed by atoms with Gasteiger partial charge in [0.1, 0.15) is 11.6 Å². The van der Waals surface area contributed by atoms with Gasteiger partial charge in [0.2, 0.25) is 0 Å². The quantitative estimate of drug-likeness (QED) is 0.228. The average Bonchev–Trinajstić information content (AvgIpc) is 2.86. The van der Waals surface area contributed by atoms with E-state index in [0.717, 1.165) is 22.9 Å². The first kappa shape index (κ1) is 27.8. The molecule has 0 bridgehead atoms. The van der Waals surface area contributed by atoms with Crippen LogP contribution in [-0.4, -0.2) is 42.8 Å². The van der Waals surface area contributed by atoms with Crippen molar-refractivity contribution < 1.29 is 23.4 Å². The molecule has 2 unspecified atom stereocenters. The van der Waals surface area contributed by atoms with Crippen molar-refractivity contribution in [3.63, 3.8) is 0 Å². The Morgan fingerprint density at radius 2 is 1.69 bits per heavy atom. The van der Waals surface area contributed by atoms with Gasteiger partial charge >= 0.3 is 0 Å². The molecule has 3 aromatic rings. The normalized spacial score (nSPS) is 12.8. The van der Waals surface area contributed by atoms with Gasteiger partial charge in [0.05, 0.1) is 18.1 Å². The van der Waals surface area contributed by atoms with Crippen molar-refractivity contribution in [1.82, 2.24) is 10.6 Å². The second-order valence-corrected chi connectivity index (χ2v) is 9.50. The van der Waals surface area contributed by atoms with Gasteiger partial charge in [-0.05, 0) is 65.9 Å². The summed E-state index contributed by atoms with van der Waals surface area (Å²) in [6.07, 6.45) is 0.00291. The summed E-state index contributed by atoms with van der Waals surface area (Å²) < 4.78 is 32.6. The first-order chi connectivity index (χ1) is 17.4. The number of methoxy groups -OCH3 is 1. The van der Waals surface area contributed by atoms with Gasteiger partial charge in [-0.25, -0.2) is 8.78 Å². The molecule has 3 N–H and O–H groups in total. The second kappa shape index (κ2) is 14.1. The van der Waals surface area contributed by atoms with E-state index in [4.69, 9.17) is 4.74 Å². The molecule has 3 rings (SSSR count). The third-order valence-electron chi connectivity index (χ3n) is 5.70. The summed E-state index contributed by atoms with van der Waals surface area (Å²) in [6.45, 7) is 2.82. The van der Waals surface area contributed by atoms with Gasteiger partial charge in [0.15, 0.2) is 0 Å². The van der Waals surface area contributed by atoms with E-state index in [1.165, 1.54) is 29.5 Å². The summed E-state index contributed by atoms with van der Waals surface area (Å²) in [6, 6.07) is 17.6. The average molecular weight is 515 g/mol. The van der Waals surface area contributed by atoms with Crippen LogP contribution in [0.25, 0.3) is 0 Å². The van der Waals surface area contributed by atoms with E-state index in [-0.39, 0.29) is 18.9 Å². The largest absolute Gasteiger partial charge is 0.390 e. The number of ether oxygens (including phenoxy) is 1. The van der Waals surface area contributed by atoms with Crippen LogP contribution in [0.4, 0.5) is 8.78 Å². The van der Waals surface area contributed by atoms with Crippen LogP contribution in [0.15, 0.2) is 71.6 Å². The Morgan fingerprint density at radius 1 is 1.00 bits per heavy atom. The molecule has 0 heterocycles. The fourth-order valence-electron chi connectivity index (χ4n) is 3.81. The summed E-state index contributed by atoms with van der Waals surface area (Å²) in [7, 11) is 1.61. The number of aryl methyl sites for hydroxylation is 1. The van der Waals surface area contributed by atoms with Gasteiger partial charge in [-0.1, -0.05) is 43.0 Å². The van der Waals surface area contributed by atoms with E-state index >= 15 is 0 Å². The standard InChI is InChI=1S/C28H32F2N2O3S/c1-3-19-5-4-6-20(11-19)16-31-17-27(33)26(14-21-12-23(29)15-24(30)13-21)32-28(34)22-7-9-25(10-8-22)36-18-35-2/h4-13,15,26-27,31,33H,3,14,16-18H2,1-2H3,(H,32,34). The molecule has 0 aliphatic heterocycles. The maximum atomic E-state index is 13.8. The van der Waals surface area contributed by atoms with Gasteiger partial charge in [-0.2, -0.15) is 0 Å². The van der Waals surface area contributed by atoms with Crippen LogP contribution in [0.5, 0.6) is 0 Å². The van der Waals surface area contributed by atoms with Crippen LogP contribution < -0.4 is 10.6 Å². The fraction of sp³-hybridized carbons (Fsp3) is 0.321. The van der Waals surface area contributed by atoms with Crippen LogP contribution in [-0.2, 0) is 24.1 Å². The summed E-state index contributed by atoms with van der Waals surface area (Å²) in [4.78, 5) is 13.9. The first-order valence-corrected chi connectivity index (χ1v) is 12.8. The molecular formula is C28H32F2N2O3S. The van der Waals surface area contributed by atoms with Crippen LogP contribution in [0.2, 0.25) is 0 Å². The number of aliphatic hydroxyl groups is 1. The predicted octanol–water partition coefficient (Wildman–Crippen LogP) is 4.72. The van der Waals surface area contributed by atoms with E-state index in [9.17, 15) is 18.7 Å². The molecule has 1 amide bonds. The van der Waals surface area contributed by atoms with Crippen molar-refractivity contribution in [3.8, 4) is 0 Å². The summed E-state index contributed by atoms with van der Waals surface area (Å²) >= 11 is 1.50. The molecule has 0 spiro atoms. The Bertz CT molecular complexity index is 1110. The molecule has 0 aromatic heterocycles. The van der Waals surface area contributed by atoms with E-state index in [1.807, 2.05) is 24.3 Å². The predicted molar refractivity (Wildman–Crippen MR) is 139 cm³/mol. The minimum Gasteiger partial charge on any atom is -0.390 e. The number of halogens is 2. The molecular weight excluding hydrogens is 482 g/mol. The molecule has 8 heteroatoms. The number of amides is 1. The zero-order valence-corrected chi connectivity index (χ0v) is 21.3. The number of nitrogens with one attached hydrogen (secondary N) is 2. The number of carbonyl (C=O) groups excluding carboxylic acids is 1. The number of carbonyl (C=O) groups is 1. The van der Waals surface area contributed by atoms with E-state index in [1.54, 1.807) is 19.2 Å². The van der Waals surface area contributed by atoms with Gasteiger partial charge < -0.3 is 20.5 Å². The Labute approximate surface area is 215 Å². The highest BCUT2D eigenvalue weighted by molar-refractivity contribution is 7.99. The number of rotatable bonds is 13. The van der Waals surface area contributed by atoms with Crippen molar-refractivity contribution in [3.05, 3.63) is 101 Å². The third-order valence-corrected chi connectivity index (χ3v) is 6.66. The minimum absolute atomic E-state index is 0.0658. The summed E-state index contributed by atoms with van der Waals surface area (Å²) in [5.74, 6) is -1.29. The van der Waals surface area contributed by atoms with Crippen molar-refractivity contribution >= 4 is 17.7 Å². The van der Waals surface area contributed by atoms with Gasteiger partial charge in [0.25, 0.3) is 5.91 Å². The molecule has 2 atom stereocenters. The van der Waals surface area contributed by atoms with Crippen molar-refractivity contribution in [2.75, 3.05) is 19.6 Å². The number of aliphatic hydroxyl groups excluding tert-OH is 1. The molecule has 0 aliphatic rings. The summed E-state index contributed by atoms with van der Waals surface area (Å²) in [5, 5.41) is 17.0. The molecule has 0 saturated carbocycles. The highest BCUT2D eigenvalue weighted by Gasteiger charge is 2.23. The van der Waals surface area contributed by atoms with Crippen LogP contribution >= 0.6 is 11.8 Å². The van der Waals surface area contributed by atoms with Crippen molar-refractivity contribution in [1.29, 1.82) is 0 Å². The fourth-order valence-corrected chi connectivity index (χ4v) is 4.40. The maximum Gasteiger partial charge on any atom is 0.251 e. The second-order valence-electron chi connectivity index (χ2n) is 8.51. The summed E-state index contributed by atoms with van der Waals surface area (Å²) in [5.41, 5.74) is 3.07. The lowest BCUT2D eigenvalue weighted by molar-refractivity contribution is 0.0829. The van der Waals surface area contributed by atoms with Crippen molar-refractivity contribution in [2.45, 2.75) is 43.4 Å². The lowest BCUT2D eigenvalue weighted by Gasteiger charge is -2.25. The molecule has 0 saturated heterocycles. The van der Waals surface area contributed by atoms with Crippen LogP contribution in [0, 0.1) is 11.6 Å². The number of thioether (sulfide) groups is 1. The van der Waals surface area contributed by atoms with Crippen molar-refractivity contribution in [2.24, 2.45) is 0 Å². The molecule has 36 heavy (non-hydrogen) atoms. The Hall–Kier alpha value is -2.78. The zero-order valence-electron chi connectivity index (χ0n) is 20.5. The Balaban J connectivity index is 1.69. The highest BCUT2D eigenvalue weighted by Crippen LogP contribution is 2.19. The SMILES string of the molecule is CCc1cccc(CNCC(O)C(Cc2cc(F)cc(F)c2)NC(=O)c2ccc(SCOC)cc2)c1. The number of benzene rings is 3. The zero-order chi connectivity index (χ0) is 25.9. The number of hydrogen-bond acceptors (Lipinski definition) is 5. The van der Waals surface area contributed by atoms with Crippen LogP contribution in [0.1, 0.15) is 34.0 Å². The highest BCUT2D eigenvalue weighted by atomic mass is 32.2. The Morgan fingerprint density at radius 3 is 2.36 bits per heavy atom. The van der Waals surface area contributed by atoms with Gasteiger partial charge in [-0.3, -0.25) is 4.79 Å². The minimum atomic E-state index is -0.994. The van der Waals surface area contributed by atoms with E-state index in [0.29, 0.717) is 23.6 Å². The molecule has 192 valence electrons. The molecule has 0 aliphatic carbocycles. The van der Waals surface area contributed by atoms with Gasteiger partial charge in [0, 0.05) is 36.7 Å². The smallest absolute Gasteiger partial charge is 0.251 e. The monoisotopic (exact) mass is 514 g/mol. The Kier molecular flexibility index (Phi) is 10.9. The third kappa shape index (κ3) is 8.71. The number of hydrogen-bond donors (Lipinski definition) is 3. The molecule has 0 fully saturated rings. The lowest BCUT2D eigenvalue weighted by atomic mass is 10.00. The van der Waals surface area contributed by atoms with Crippen LogP contribution in [0.3, 0.4) is 0 Å². The maximum absolute atomic E-state index is 13.8. The molecule has 5 nitrogen and oxygen atoms in total.